The Morgan fingerprint density at radius 2 is 1.77 bits per heavy atom. The van der Waals surface area contributed by atoms with Crippen LogP contribution in [0.3, 0.4) is 0 Å². The van der Waals surface area contributed by atoms with Crippen molar-refractivity contribution in [3.63, 3.8) is 0 Å². The quantitative estimate of drug-likeness (QED) is 0.245. The SMILES string of the molecule is C=CC1=C(C)C(C)(CC2=N/C(=C3\c4[nH]c(Cc5[nH]c(C=C)c(C)c5CC)c(C)c4C(=O)[C@@H]3C)[C@@H](CCC(=O)O)[C@@H]2C)NC1=O. The van der Waals surface area contributed by atoms with Gasteiger partial charge in [-0.05, 0) is 68.9 Å². The fourth-order valence-electron chi connectivity index (χ4n) is 7.58. The summed E-state index contributed by atoms with van der Waals surface area (Å²) < 4.78 is 0. The molecule has 44 heavy (non-hydrogen) atoms. The van der Waals surface area contributed by atoms with E-state index in [1.165, 1.54) is 11.1 Å². The number of carboxylic acid groups (broad SMARTS) is 1. The molecule has 1 amide bonds. The van der Waals surface area contributed by atoms with E-state index >= 15 is 0 Å². The minimum atomic E-state index is -0.861. The number of rotatable bonds is 10. The predicted molar refractivity (Wildman–Crippen MR) is 175 cm³/mol. The highest BCUT2D eigenvalue weighted by Gasteiger charge is 2.46. The van der Waals surface area contributed by atoms with Crippen LogP contribution in [-0.2, 0) is 22.4 Å². The van der Waals surface area contributed by atoms with Crippen molar-refractivity contribution in [1.82, 2.24) is 15.3 Å². The minimum Gasteiger partial charge on any atom is -0.481 e. The van der Waals surface area contributed by atoms with Crippen LogP contribution < -0.4 is 5.32 Å². The van der Waals surface area contributed by atoms with Crippen LogP contribution in [0, 0.1) is 31.6 Å². The standard InChI is InChI=1S/C36H44N4O4/c1-10-22-17(4)25(12-3)37-27(22)15-26-19(6)31-33(38-26)30(20(7)34(31)43)32-24(13-14-29(41)42)18(5)28(39-32)16-36(9)21(8)23(11-2)35(44)40-36/h11-12,18,20,24,37-38H,2-3,10,13-16H2,1,4-9H3,(H,40,44)(H,41,42)/b32-30-/t18-,20+,24-,36?/m0/s1. The number of aromatic amines is 2. The van der Waals surface area contributed by atoms with Gasteiger partial charge < -0.3 is 20.4 Å². The second-order valence-corrected chi connectivity index (χ2v) is 12.9. The van der Waals surface area contributed by atoms with E-state index in [1.54, 1.807) is 6.08 Å². The van der Waals surface area contributed by atoms with Crippen LogP contribution >= 0.6 is 0 Å². The van der Waals surface area contributed by atoms with Crippen molar-refractivity contribution in [2.45, 2.75) is 86.1 Å². The van der Waals surface area contributed by atoms with Crippen molar-refractivity contribution in [2.24, 2.45) is 22.7 Å². The molecule has 8 heteroatoms. The van der Waals surface area contributed by atoms with E-state index in [0.29, 0.717) is 30.4 Å². The van der Waals surface area contributed by atoms with E-state index in [2.05, 4.69) is 49.2 Å². The van der Waals surface area contributed by atoms with Crippen molar-refractivity contribution in [2.75, 3.05) is 0 Å². The lowest BCUT2D eigenvalue weighted by Gasteiger charge is -2.28. The summed E-state index contributed by atoms with van der Waals surface area (Å²) in [4.78, 5) is 50.5. The zero-order chi connectivity index (χ0) is 32.2. The summed E-state index contributed by atoms with van der Waals surface area (Å²) in [7, 11) is 0. The summed E-state index contributed by atoms with van der Waals surface area (Å²) in [5, 5.41) is 12.7. The van der Waals surface area contributed by atoms with Crippen LogP contribution in [0.5, 0.6) is 0 Å². The van der Waals surface area contributed by atoms with Crippen molar-refractivity contribution in [3.05, 3.63) is 81.1 Å². The average Bonchev–Trinajstić information content (AvgIpc) is 3.68. The van der Waals surface area contributed by atoms with Crippen molar-refractivity contribution in [3.8, 4) is 0 Å². The molecule has 2 aromatic rings. The number of nitrogens with zero attached hydrogens (tertiary/aromatic N) is 1. The molecule has 232 valence electrons. The van der Waals surface area contributed by atoms with Crippen molar-refractivity contribution in [1.29, 1.82) is 0 Å². The fraction of sp³-hybridized carbons (Fsp3) is 0.444. The molecule has 0 fully saturated rings. The third-order valence-corrected chi connectivity index (χ3v) is 10.4. The number of nitrogens with one attached hydrogen (secondary N) is 3. The number of hydrogen-bond acceptors (Lipinski definition) is 4. The van der Waals surface area contributed by atoms with E-state index in [4.69, 9.17) is 4.99 Å². The first-order valence-corrected chi connectivity index (χ1v) is 15.6. The number of allylic oxidation sites excluding steroid dienone is 2. The fourth-order valence-corrected chi connectivity index (χ4v) is 7.58. The number of carboxylic acids is 1. The van der Waals surface area contributed by atoms with Gasteiger partial charge in [-0.15, -0.1) is 0 Å². The molecule has 8 nitrogen and oxygen atoms in total. The van der Waals surface area contributed by atoms with E-state index in [1.807, 2.05) is 33.8 Å². The second-order valence-electron chi connectivity index (χ2n) is 12.9. The Kier molecular flexibility index (Phi) is 8.08. The lowest BCUT2D eigenvalue weighted by Crippen LogP contribution is -2.43. The zero-order valence-electron chi connectivity index (χ0n) is 27.0. The number of Topliss-reactive ketones (excluding diaryl/α,β-unsaturated/α-hetero) is 1. The van der Waals surface area contributed by atoms with Gasteiger partial charge in [0, 0.05) is 76.5 Å². The molecule has 0 radical (unpaired) electrons. The van der Waals surface area contributed by atoms with E-state index < -0.39 is 17.4 Å². The number of ketones is 1. The number of carbonyl (C=O) groups is 3. The molecule has 4 atom stereocenters. The van der Waals surface area contributed by atoms with Crippen LogP contribution in [0.15, 0.2) is 41.1 Å². The van der Waals surface area contributed by atoms with Gasteiger partial charge in [0.2, 0.25) is 0 Å². The van der Waals surface area contributed by atoms with E-state index in [0.717, 1.165) is 57.3 Å². The molecule has 1 unspecified atom stereocenters. The lowest BCUT2D eigenvalue weighted by atomic mass is 9.79. The van der Waals surface area contributed by atoms with Gasteiger partial charge in [0.15, 0.2) is 5.78 Å². The third-order valence-electron chi connectivity index (χ3n) is 10.4. The normalized spacial score (nSPS) is 26.3. The van der Waals surface area contributed by atoms with Crippen LogP contribution in [0.25, 0.3) is 11.6 Å². The Labute approximate surface area is 259 Å². The first-order chi connectivity index (χ1) is 20.8. The first kappa shape index (κ1) is 31.2. The predicted octanol–water partition coefficient (Wildman–Crippen LogP) is 6.65. The topological polar surface area (TPSA) is 127 Å². The summed E-state index contributed by atoms with van der Waals surface area (Å²) in [5.74, 6) is -1.57. The maximum atomic E-state index is 13.8. The van der Waals surface area contributed by atoms with Gasteiger partial charge in [-0.1, -0.05) is 40.0 Å². The summed E-state index contributed by atoms with van der Waals surface area (Å²) >= 11 is 0. The molecule has 5 rings (SSSR count). The highest BCUT2D eigenvalue weighted by atomic mass is 16.4. The molecule has 1 aliphatic carbocycles. The molecule has 4 N–H and O–H groups in total. The molecule has 4 heterocycles. The molecular weight excluding hydrogens is 552 g/mol. The summed E-state index contributed by atoms with van der Waals surface area (Å²) in [6, 6.07) is 0. The number of H-pyrrole nitrogens is 2. The number of amides is 1. The molecule has 0 aromatic carbocycles. The molecule has 2 aliphatic heterocycles. The number of fused-ring (bicyclic) bond motifs is 1. The Hall–Kier alpha value is -4.20. The summed E-state index contributed by atoms with van der Waals surface area (Å²) in [6.07, 6.45) is 5.85. The Bertz CT molecular complexity index is 1710. The number of hydrogen-bond donors (Lipinski definition) is 4. The van der Waals surface area contributed by atoms with Crippen LogP contribution in [0.4, 0.5) is 0 Å². The largest absolute Gasteiger partial charge is 0.481 e. The maximum absolute atomic E-state index is 13.8. The molecule has 3 aliphatic rings. The molecule has 0 saturated heterocycles. The van der Waals surface area contributed by atoms with Crippen LogP contribution in [0.1, 0.15) is 104 Å². The third kappa shape index (κ3) is 4.84. The molecule has 2 aromatic heterocycles. The van der Waals surface area contributed by atoms with Crippen molar-refractivity contribution < 1.29 is 19.5 Å². The monoisotopic (exact) mass is 596 g/mol. The van der Waals surface area contributed by atoms with Gasteiger partial charge in [-0.2, -0.15) is 0 Å². The van der Waals surface area contributed by atoms with Gasteiger partial charge in [-0.3, -0.25) is 19.4 Å². The average molecular weight is 597 g/mol. The van der Waals surface area contributed by atoms with E-state index in [-0.39, 0.29) is 29.9 Å². The first-order valence-electron chi connectivity index (χ1n) is 15.6. The Morgan fingerprint density at radius 3 is 2.36 bits per heavy atom. The lowest BCUT2D eigenvalue weighted by molar-refractivity contribution is -0.137. The number of aliphatic carboxylic acids is 1. The van der Waals surface area contributed by atoms with Gasteiger partial charge in [0.05, 0.1) is 16.9 Å². The molecule has 0 bridgehead atoms. The van der Waals surface area contributed by atoms with Crippen LogP contribution in [-0.4, -0.2) is 44.0 Å². The number of aromatic nitrogens is 2. The Morgan fingerprint density at radius 1 is 1.07 bits per heavy atom. The van der Waals surface area contributed by atoms with Crippen LogP contribution in [0.2, 0.25) is 0 Å². The second kappa shape index (κ2) is 11.4. The minimum absolute atomic E-state index is 0.00390. The molecular formula is C36H44N4O4. The summed E-state index contributed by atoms with van der Waals surface area (Å²) in [5.41, 5.74) is 11.4. The van der Waals surface area contributed by atoms with Gasteiger partial charge >= 0.3 is 5.97 Å². The summed E-state index contributed by atoms with van der Waals surface area (Å²) in [6.45, 7) is 21.9. The van der Waals surface area contributed by atoms with Gasteiger partial charge in [0.1, 0.15) is 0 Å². The zero-order valence-corrected chi connectivity index (χ0v) is 27.0. The highest BCUT2D eigenvalue weighted by molar-refractivity contribution is 6.15. The van der Waals surface area contributed by atoms with E-state index in [9.17, 15) is 19.5 Å². The molecule has 0 spiro atoms. The number of carbonyl (C=O) groups excluding carboxylic acids is 2. The van der Waals surface area contributed by atoms with Gasteiger partial charge in [-0.25, -0.2) is 0 Å². The smallest absolute Gasteiger partial charge is 0.303 e. The highest BCUT2D eigenvalue weighted by Crippen LogP contribution is 2.48. The maximum Gasteiger partial charge on any atom is 0.303 e. The Balaban J connectivity index is 1.61. The van der Waals surface area contributed by atoms with Crippen molar-refractivity contribution >= 4 is 35.0 Å². The molecule has 0 saturated carbocycles. The van der Waals surface area contributed by atoms with Gasteiger partial charge in [0.25, 0.3) is 5.91 Å². The number of aliphatic imine (C=N–C) groups is 1.